The van der Waals surface area contributed by atoms with Crippen molar-refractivity contribution in [3.05, 3.63) is 54.1 Å². The molecule has 82 valence electrons. The van der Waals surface area contributed by atoms with Crippen molar-refractivity contribution < 1.29 is 4.39 Å². The summed E-state index contributed by atoms with van der Waals surface area (Å²) in [5.41, 5.74) is 6.62. The van der Waals surface area contributed by atoms with E-state index in [9.17, 15) is 4.39 Å². The van der Waals surface area contributed by atoms with Crippen LogP contribution in [0.25, 0.3) is 0 Å². The second-order valence-electron chi connectivity index (χ2n) is 3.69. The van der Waals surface area contributed by atoms with E-state index in [1.165, 1.54) is 12.4 Å². The standard InChI is InChI=1S/C11H11FN4/c1-11(13,8-4-14-7-15-5-8)10-3-2-9(12)6-16-10/h2-7H,13H2,1H3. The summed E-state index contributed by atoms with van der Waals surface area (Å²) < 4.78 is 12.7. The maximum absolute atomic E-state index is 12.7. The number of nitrogens with zero attached hydrogens (tertiary/aromatic N) is 3. The van der Waals surface area contributed by atoms with Gasteiger partial charge in [0.05, 0.1) is 17.4 Å². The average molecular weight is 218 g/mol. The van der Waals surface area contributed by atoms with Crippen molar-refractivity contribution in [3.8, 4) is 0 Å². The zero-order chi connectivity index (χ0) is 11.6. The quantitative estimate of drug-likeness (QED) is 0.823. The third-order valence-electron chi connectivity index (χ3n) is 2.42. The van der Waals surface area contributed by atoms with Crippen LogP contribution in [0.1, 0.15) is 18.2 Å². The van der Waals surface area contributed by atoms with Crippen LogP contribution in [0.15, 0.2) is 37.1 Å². The Morgan fingerprint density at radius 1 is 1.19 bits per heavy atom. The Balaban J connectivity index is 2.43. The summed E-state index contributed by atoms with van der Waals surface area (Å²) in [5.74, 6) is -0.385. The molecular weight excluding hydrogens is 207 g/mol. The first-order chi connectivity index (χ1) is 7.60. The van der Waals surface area contributed by atoms with Gasteiger partial charge in [-0.15, -0.1) is 0 Å². The van der Waals surface area contributed by atoms with E-state index in [1.807, 2.05) is 0 Å². The molecule has 1 atom stereocenters. The molecule has 0 aromatic carbocycles. The highest BCUT2D eigenvalue weighted by atomic mass is 19.1. The van der Waals surface area contributed by atoms with Gasteiger partial charge in [-0.1, -0.05) is 0 Å². The lowest BCUT2D eigenvalue weighted by molar-refractivity contribution is 0.563. The van der Waals surface area contributed by atoms with Gasteiger partial charge >= 0.3 is 0 Å². The van der Waals surface area contributed by atoms with E-state index in [1.54, 1.807) is 25.4 Å². The van der Waals surface area contributed by atoms with Crippen molar-refractivity contribution in [2.24, 2.45) is 5.73 Å². The topological polar surface area (TPSA) is 64.7 Å². The Bertz CT molecular complexity index is 467. The van der Waals surface area contributed by atoms with E-state index in [0.717, 1.165) is 11.8 Å². The van der Waals surface area contributed by atoms with E-state index in [2.05, 4.69) is 15.0 Å². The summed E-state index contributed by atoms with van der Waals surface area (Å²) in [6, 6.07) is 2.89. The van der Waals surface area contributed by atoms with Gasteiger partial charge in [-0.3, -0.25) is 4.98 Å². The van der Waals surface area contributed by atoms with Crippen molar-refractivity contribution in [2.75, 3.05) is 0 Å². The van der Waals surface area contributed by atoms with Gasteiger partial charge < -0.3 is 5.73 Å². The predicted molar refractivity (Wildman–Crippen MR) is 56.9 cm³/mol. The molecule has 5 heteroatoms. The fourth-order valence-corrected chi connectivity index (χ4v) is 1.40. The van der Waals surface area contributed by atoms with Crippen molar-refractivity contribution in [3.63, 3.8) is 0 Å². The molecule has 0 saturated carbocycles. The molecule has 0 aliphatic carbocycles. The Kier molecular flexibility index (Phi) is 2.62. The van der Waals surface area contributed by atoms with Crippen LogP contribution < -0.4 is 5.73 Å². The van der Waals surface area contributed by atoms with Crippen molar-refractivity contribution in [2.45, 2.75) is 12.5 Å². The highest BCUT2D eigenvalue weighted by Gasteiger charge is 2.25. The van der Waals surface area contributed by atoms with Gasteiger partial charge in [-0.2, -0.15) is 0 Å². The lowest BCUT2D eigenvalue weighted by atomic mass is 9.91. The molecule has 2 aromatic heterocycles. The number of aromatic nitrogens is 3. The van der Waals surface area contributed by atoms with Crippen molar-refractivity contribution in [1.82, 2.24) is 15.0 Å². The third kappa shape index (κ3) is 1.90. The molecule has 0 aliphatic heterocycles. The monoisotopic (exact) mass is 218 g/mol. The largest absolute Gasteiger partial charge is 0.317 e. The Labute approximate surface area is 92.4 Å². The molecule has 16 heavy (non-hydrogen) atoms. The van der Waals surface area contributed by atoms with Crippen molar-refractivity contribution >= 4 is 0 Å². The minimum atomic E-state index is -0.824. The predicted octanol–water partition coefficient (Wildman–Crippen LogP) is 1.23. The van der Waals surface area contributed by atoms with Gasteiger partial charge in [0.15, 0.2) is 0 Å². The van der Waals surface area contributed by atoms with Gasteiger partial charge in [0.1, 0.15) is 12.1 Å². The number of rotatable bonds is 2. The van der Waals surface area contributed by atoms with Gasteiger partial charge in [0.25, 0.3) is 0 Å². The SMILES string of the molecule is CC(N)(c1cncnc1)c1ccc(F)cn1. The summed E-state index contributed by atoms with van der Waals surface area (Å²) in [6.45, 7) is 1.78. The maximum atomic E-state index is 12.7. The molecule has 0 spiro atoms. The van der Waals surface area contributed by atoms with Crippen LogP contribution in [0, 0.1) is 5.82 Å². The van der Waals surface area contributed by atoms with E-state index in [4.69, 9.17) is 5.73 Å². The van der Waals surface area contributed by atoms with E-state index in [-0.39, 0.29) is 5.82 Å². The van der Waals surface area contributed by atoms with Gasteiger partial charge in [-0.25, -0.2) is 14.4 Å². The zero-order valence-electron chi connectivity index (χ0n) is 8.76. The van der Waals surface area contributed by atoms with Crippen LogP contribution in [0.4, 0.5) is 4.39 Å². The van der Waals surface area contributed by atoms with Crippen LogP contribution in [0.2, 0.25) is 0 Å². The Morgan fingerprint density at radius 3 is 2.44 bits per heavy atom. The van der Waals surface area contributed by atoms with E-state index >= 15 is 0 Å². The first kappa shape index (κ1) is 10.6. The molecule has 1 unspecified atom stereocenters. The molecule has 0 saturated heterocycles. The van der Waals surface area contributed by atoms with Gasteiger partial charge in [-0.05, 0) is 19.1 Å². The number of pyridine rings is 1. The molecule has 0 radical (unpaired) electrons. The molecule has 2 aromatic rings. The van der Waals surface area contributed by atoms with Crippen molar-refractivity contribution in [1.29, 1.82) is 0 Å². The first-order valence-electron chi connectivity index (χ1n) is 4.77. The van der Waals surface area contributed by atoms with Crippen LogP contribution in [0.3, 0.4) is 0 Å². The highest BCUT2D eigenvalue weighted by molar-refractivity contribution is 5.29. The van der Waals surface area contributed by atoms with E-state index in [0.29, 0.717) is 5.69 Å². The third-order valence-corrected chi connectivity index (χ3v) is 2.42. The molecule has 2 rings (SSSR count). The maximum Gasteiger partial charge on any atom is 0.141 e. The van der Waals surface area contributed by atoms with Gasteiger partial charge in [0, 0.05) is 18.0 Å². The molecule has 2 N–H and O–H groups in total. The second-order valence-corrected chi connectivity index (χ2v) is 3.69. The van der Waals surface area contributed by atoms with Crippen LogP contribution in [0.5, 0.6) is 0 Å². The van der Waals surface area contributed by atoms with Gasteiger partial charge in [0.2, 0.25) is 0 Å². The number of halogens is 1. The number of hydrogen-bond donors (Lipinski definition) is 1. The highest BCUT2D eigenvalue weighted by Crippen LogP contribution is 2.23. The Morgan fingerprint density at radius 2 is 1.88 bits per heavy atom. The molecular formula is C11H11FN4. The molecule has 0 amide bonds. The summed E-state index contributed by atoms with van der Waals surface area (Å²) in [7, 11) is 0. The fourth-order valence-electron chi connectivity index (χ4n) is 1.40. The smallest absolute Gasteiger partial charge is 0.141 e. The summed E-state index contributed by atoms with van der Waals surface area (Å²) in [6.07, 6.45) is 5.82. The summed E-state index contributed by atoms with van der Waals surface area (Å²) in [4.78, 5) is 11.8. The number of hydrogen-bond acceptors (Lipinski definition) is 4. The zero-order valence-corrected chi connectivity index (χ0v) is 8.76. The average Bonchev–Trinajstić information content (AvgIpc) is 2.31. The minimum absolute atomic E-state index is 0.385. The lowest BCUT2D eigenvalue weighted by Crippen LogP contribution is -2.35. The minimum Gasteiger partial charge on any atom is -0.317 e. The molecule has 0 fully saturated rings. The van der Waals surface area contributed by atoms with Crippen LogP contribution in [-0.2, 0) is 5.54 Å². The molecule has 2 heterocycles. The summed E-state index contributed by atoms with van der Waals surface area (Å²) in [5, 5.41) is 0. The summed E-state index contributed by atoms with van der Waals surface area (Å²) >= 11 is 0. The normalized spacial score (nSPS) is 14.4. The number of nitrogens with two attached hydrogens (primary N) is 1. The lowest BCUT2D eigenvalue weighted by Gasteiger charge is -2.23. The first-order valence-corrected chi connectivity index (χ1v) is 4.77. The molecule has 0 bridgehead atoms. The van der Waals surface area contributed by atoms with Crippen LogP contribution >= 0.6 is 0 Å². The Hall–Kier alpha value is -1.88. The van der Waals surface area contributed by atoms with E-state index < -0.39 is 5.54 Å². The molecule has 4 nitrogen and oxygen atoms in total. The second kappa shape index (κ2) is 3.94. The fraction of sp³-hybridized carbons (Fsp3) is 0.182. The van der Waals surface area contributed by atoms with Crippen LogP contribution in [-0.4, -0.2) is 15.0 Å². The molecule has 0 aliphatic rings.